The molecule has 0 saturated heterocycles. The van der Waals surface area contributed by atoms with E-state index in [2.05, 4.69) is 67.0 Å². The maximum absolute atomic E-state index is 12.5. The Bertz CT molecular complexity index is 1080. The molecule has 0 bridgehead atoms. The number of hydrogen-bond donors (Lipinski definition) is 2. The van der Waals surface area contributed by atoms with E-state index in [1.165, 1.54) is 135 Å². The van der Waals surface area contributed by atoms with E-state index in [9.17, 15) is 14.2 Å². The first kappa shape index (κ1) is 56.0. The maximum atomic E-state index is 12.5. The van der Waals surface area contributed by atoms with Gasteiger partial charge in [-0.2, -0.15) is 0 Å². The van der Waals surface area contributed by atoms with E-state index < -0.39 is 32.5 Å². The third-order valence-corrected chi connectivity index (χ3v) is 10.8. The SMILES string of the molecule is CCCCC/C=C/C/C=C/C/C=C/C/C=C/CCCCCC(=O)OC[C@H](COP(=O)(O)O)OC(=O)CCCCCCCCCCCCCCCCCCCCCCC. The van der Waals surface area contributed by atoms with Crippen LogP contribution in [0, 0.1) is 0 Å². The summed E-state index contributed by atoms with van der Waals surface area (Å²) in [5, 5.41) is 0. The number of esters is 2. The fourth-order valence-corrected chi connectivity index (χ4v) is 7.13. The maximum Gasteiger partial charge on any atom is 0.469 e. The lowest BCUT2D eigenvalue weighted by atomic mass is 10.0. The summed E-state index contributed by atoms with van der Waals surface area (Å²) in [6, 6.07) is 0. The summed E-state index contributed by atoms with van der Waals surface area (Å²) in [5.41, 5.74) is 0. The average Bonchev–Trinajstić information content (AvgIpc) is 3.20. The second-order valence-corrected chi connectivity index (χ2v) is 17.3. The van der Waals surface area contributed by atoms with Gasteiger partial charge in [-0.3, -0.25) is 14.1 Å². The Labute approximate surface area is 356 Å². The predicted molar refractivity (Wildman–Crippen MR) is 244 cm³/mol. The molecule has 0 aliphatic heterocycles. The highest BCUT2D eigenvalue weighted by molar-refractivity contribution is 7.46. The minimum absolute atomic E-state index is 0.207. The molecule has 0 amide bonds. The standard InChI is InChI=1S/C49H89O8P/c1-3-5-7-9-11-13-15-17-19-21-23-24-26-28-30-32-34-36-38-40-42-44-49(51)57-47(46-56-58(52,53)54)45-55-48(50)43-41-39-37-35-33-31-29-27-25-22-20-18-16-14-12-10-8-6-4-2/h12,14,18,20,25,27,31,33,47H,3-11,13,15-17,19,21-24,26,28-30,32,34-46H2,1-2H3,(H2,52,53,54)/b14-12+,20-18+,27-25+,33-31+/t47-/m1/s1. The van der Waals surface area contributed by atoms with Crippen LogP contribution >= 0.6 is 7.82 Å². The molecule has 0 rings (SSSR count). The number of unbranched alkanes of at least 4 members (excludes halogenated alkanes) is 26. The number of phosphoric acid groups is 1. The van der Waals surface area contributed by atoms with Gasteiger partial charge in [0.05, 0.1) is 6.61 Å². The van der Waals surface area contributed by atoms with Gasteiger partial charge in [-0.25, -0.2) is 4.57 Å². The van der Waals surface area contributed by atoms with Gasteiger partial charge in [-0.1, -0.05) is 210 Å². The Morgan fingerprint density at radius 1 is 0.448 bits per heavy atom. The molecule has 0 fully saturated rings. The van der Waals surface area contributed by atoms with E-state index in [0.717, 1.165) is 57.8 Å². The van der Waals surface area contributed by atoms with Crippen molar-refractivity contribution in [2.75, 3.05) is 13.2 Å². The summed E-state index contributed by atoms with van der Waals surface area (Å²) in [6.45, 7) is 3.66. The molecule has 2 N–H and O–H groups in total. The smallest absolute Gasteiger partial charge is 0.462 e. The summed E-state index contributed by atoms with van der Waals surface area (Å²) in [5.74, 6) is -0.913. The molecule has 0 aromatic rings. The molecule has 0 aromatic heterocycles. The van der Waals surface area contributed by atoms with Crippen LogP contribution in [0.2, 0.25) is 0 Å². The number of carbonyl (C=O) groups is 2. The van der Waals surface area contributed by atoms with Gasteiger partial charge in [0.15, 0.2) is 6.10 Å². The van der Waals surface area contributed by atoms with Crippen molar-refractivity contribution in [3.8, 4) is 0 Å². The van der Waals surface area contributed by atoms with Gasteiger partial charge in [-0.05, 0) is 57.8 Å². The molecule has 0 aromatic carbocycles. The second kappa shape index (κ2) is 44.6. The molecule has 338 valence electrons. The molecule has 0 radical (unpaired) electrons. The zero-order chi connectivity index (χ0) is 42.5. The van der Waals surface area contributed by atoms with Crippen LogP contribution in [0.1, 0.15) is 232 Å². The summed E-state index contributed by atoms with van der Waals surface area (Å²) in [7, 11) is -4.77. The summed E-state index contributed by atoms with van der Waals surface area (Å²) >= 11 is 0. The van der Waals surface area contributed by atoms with Crippen LogP contribution in [-0.4, -0.2) is 41.0 Å². The lowest BCUT2D eigenvalue weighted by Gasteiger charge is -2.18. The highest BCUT2D eigenvalue weighted by Gasteiger charge is 2.23. The Kier molecular flexibility index (Phi) is 43.0. The van der Waals surface area contributed by atoms with Gasteiger partial charge in [0.2, 0.25) is 0 Å². The van der Waals surface area contributed by atoms with Crippen LogP contribution in [-0.2, 0) is 28.2 Å². The van der Waals surface area contributed by atoms with Crippen LogP contribution in [0.25, 0.3) is 0 Å². The van der Waals surface area contributed by atoms with E-state index in [1.807, 2.05) is 0 Å². The Hall–Kier alpha value is -1.99. The van der Waals surface area contributed by atoms with E-state index >= 15 is 0 Å². The van der Waals surface area contributed by atoms with Gasteiger partial charge in [0.1, 0.15) is 6.61 Å². The van der Waals surface area contributed by atoms with E-state index in [1.54, 1.807) is 0 Å². The van der Waals surface area contributed by atoms with E-state index in [4.69, 9.17) is 19.3 Å². The molecule has 9 heteroatoms. The number of hydrogen-bond acceptors (Lipinski definition) is 6. The number of ether oxygens (including phenoxy) is 2. The third kappa shape index (κ3) is 46.7. The first-order valence-corrected chi connectivity index (χ1v) is 25.5. The van der Waals surface area contributed by atoms with Gasteiger partial charge in [0, 0.05) is 12.8 Å². The summed E-state index contributed by atoms with van der Waals surface area (Å²) < 4.78 is 26.5. The largest absolute Gasteiger partial charge is 0.469 e. The highest BCUT2D eigenvalue weighted by Crippen LogP contribution is 2.36. The van der Waals surface area contributed by atoms with Crippen molar-refractivity contribution >= 4 is 19.8 Å². The molecule has 0 heterocycles. The highest BCUT2D eigenvalue weighted by atomic mass is 31.2. The Balaban J connectivity index is 3.89. The number of rotatable bonds is 44. The van der Waals surface area contributed by atoms with Crippen LogP contribution < -0.4 is 0 Å². The fraction of sp³-hybridized carbons (Fsp3) is 0.796. The number of carbonyl (C=O) groups excluding carboxylic acids is 2. The van der Waals surface area contributed by atoms with Gasteiger partial charge < -0.3 is 19.3 Å². The van der Waals surface area contributed by atoms with E-state index in [-0.39, 0.29) is 19.4 Å². The molecule has 0 aliphatic rings. The molecule has 0 spiro atoms. The van der Waals surface area contributed by atoms with Crippen molar-refractivity contribution in [3.63, 3.8) is 0 Å². The zero-order valence-electron chi connectivity index (χ0n) is 37.4. The van der Waals surface area contributed by atoms with Gasteiger partial charge >= 0.3 is 19.8 Å². The molecule has 58 heavy (non-hydrogen) atoms. The topological polar surface area (TPSA) is 119 Å². The van der Waals surface area contributed by atoms with Crippen molar-refractivity contribution < 1.29 is 37.9 Å². The Morgan fingerprint density at radius 3 is 1.19 bits per heavy atom. The zero-order valence-corrected chi connectivity index (χ0v) is 38.3. The van der Waals surface area contributed by atoms with Crippen molar-refractivity contribution in [3.05, 3.63) is 48.6 Å². The molecular formula is C49H89O8P. The number of allylic oxidation sites excluding steroid dienone is 8. The quantitative estimate of drug-likeness (QED) is 0.0269. The Morgan fingerprint density at radius 2 is 0.776 bits per heavy atom. The first-order chi connectivity index (χ1) is 28.3. The van der Waals surface area contributed by atoms with Gasteiger partial charge in [-0.15, -0.1) is 0 Å². The van der Waals surface area contributed by atoms with Crippen LogP contribution in [0.15, 0.2) is 48.6 Å². The van der Waals surface area contributed by atoms with Crippen LogP contribution in [0.5, 0.6) is 0 Å². The summed E-state index contributed by atoms with van der Waals surface area (Å²) in [6.07, 6.45) is 55.5. The summed E-state index contributed by atoms with van der Waals surface area (Å²) in [4.78, 5) is 43.0. The average molecular weight is 837 g/mol. The molecule has 8 nitrogen and oxygen atoms in total. The monoisotopic (exact) mass is 837 g/mol. The normalized spacial score (nSPS) is 12.8. The molecule has 0 saturated carbocycles. The van der Waals surface area contributed by atoms with Crippen molar-refractivity contribution in [1.82, 2.24) is 0 Å². The van der Waals surface area contributed by atoms with Crippen LogP contribution in [0.3, 0.4) is 0 Å². The lowest BCUT2D eigenvalue weighted by Crippen LogP contribution is -2.29. The van der Waals surface area contributed by atoms with Gasteiger partial charge in [0.25, 0.3) is 0 Å². The van der Waals surface area contributed by atoms with E-state index in [0.29, 0.717) is 12.8 Å². The van der Waals surface area contributed by atoms with Crippen LogP contribution in [0.4, 0.5) is 0 Å². The fourth-order valence-electron chi connectivity index (χ4n) is 6.77. The first-order valence-electron chi connectivity index (χ1n) is 23.9. The molecular weight excluding hydrogens is 748 g/mol. The second-order valence-electron chi connectivity index (χ2n) is 16.1. The minimum Gasteiger partial charge on any atom is -0.462 e. The molecule has 0 unspecified atom stereocenters. The molecule has 0 aliphatic carbocycles. The van der Waals surface area contributed by atoms with Crippen molar-refractivity contribution in [1.29, 1.82) is 0 Å². The lowest BCUT2D eigenvalue weighted by molar-refractivity contribution is -0.161. The minimum atomic E-state index is -4.77. The third-order valence-electron chi connectivity index (χ3n) is 10.4. The number of phosphoric ester groups is 1. The molecule has 1 atom stereocenters. The predicted octanol–water partition coefficient (Wildman–Crippen LogP) is 15.1. The van der Waals surface area contributed by atoms with Crippen molar-refractivity contribution in [2.24, 2.45) is 0 Å². The van der Waals surface area contributed by atoms with Crippen molar-refractivity contribution in [2.45, 2.75) is 238 Å².